The molecule has 2 aromatic carbocycles. The third kappa shape index (κ3) is 3.74. The number of anilines is 1. The van der Waals surface area contributed by atoms with Crippen LogP contribution in [0.15, 0.2) is 72.2 Å². The van der Waals surface area contributed by atoms with Crippen LogP contribution >= 0.6 is 0 Å². The number of amides is 1. The van der Waals surface area contributed by atoms with Gasteiger partial charge in [0.1, 0.15) is 19.2 Å². The summed E-state index contributed by atoms with van der Waals surface area (Å²) in [6, 6.07) is 14.6. The Morgan fingerprint density at radius 1 is 1.04 bits per heavy atom. The van der Waals surface area contributed by atoms with E-state index in [2.05, 4.69) is 20.5 Å². The fourth-order valence-electron chi connectivity index (χ4n) is 2.77. The summed E-state index contributed by atoms with van der Waals surface area (Å²) in [5.74, 6) is -0.316. The van der Waals surface area contributed by atoms with Gasteiger partial charge in [-0.05, 0) is 23.8 Å². The summed E-state index contributed by atoms with van der Waals surface area (Å²) in [4.78, 5) is 28.6. The highest BCUT2D eigenvalue weighted by atomic mass is 16.2. The molecule has 0 bridgehead atoms. The van der Waals surface area contributed by atoms with Crippen LogP contribution in [0.25, 0.3) is 10.8 Å². The maximum Gasteiger partial charge on any atom is 0.275 e. The molecule has 27 heavy (non-hydrogen) atoms. The number of nitrogens with one attached hydrogen (secondary N) is 1. The molecule has 8 heteroatoms. The minimum atomic E-state index is -0.316. The molecule has 0 aliphatic carbocycles. The third-order valence-corrected chi connectivity index (χ3v) is 4.10. The van der Waals surface area contributed by atoms with Gasteiger partial charge in [0, 0.05) is 11.1 Å². The van der Waals surface area contributed by atoms with Crippen LogP contribution in [0.5, 0.6) is 0 Å². The predicted molar refractivity (Wildman–Crippen MR) is 100 cm³/mol. The Morgan fingerprint density at radius 2 is 1.85 bits per heavy atom. The van der Waals surface area contributed by atoms with Crippen LogP contribution < -0.4 is 10.9 Å². The van der Waals surface area contributed by atoms with Gasteiger partial charge in [-0.25, -0.2) is 14.3 Å². The molecule has 0 saturated carbocycles. The molecule has 0 radical (unpaired) electrons. The molecule has 4 aromatic rings. The van der Waals surface area contributed by atoms with Gasteiger partial charge in [-0.3, -0.25) is 9.59 Å². The number of hydrogen-bond donors (Lipinski definition) is 1. The molecular formula is C19H16N6O2. The molecule has 134 valence electrons. The van der Waals surface area contributed by atoms with Crippen molar-refractivity contribution >= 4 is 22.4 Å². The number of fused-ring (bicyclic) bond motifs is 1. The van der Waals surface area contributed by atoms with Crippen molar-refractivity contribution in [3.8, 4) is 0 Å². The Balaban J connectivity index is 1.43. The molecule has 1 N–H and O–H groups in total. The molecule has 8 nitrogen and oxygen atoms in total. The topological polar surface area (TPSA) is 94.7 Å². The van der Waals surface area contributed by atoms with Gasteiger partial charge in [0.15, 0.2) is 0 Å². The zero-order valence-corrected chi connectivity index (χ0v) is 14.3. The Labute approximate surface area is 154 Å². The molecule has 0 unspecified atom stereocenters. The summed E-state index contributed by atoms with van der Waals surface area (Å²) in [7, 11) is 0. The first kappa shape index (κ1) is 16.6. The fraction of sp³-hybridized carbons (Fsp3) is 0.105. The quantitative estimate of drug-likeness (QED) is 0.584. The number of hydrogen-bond acceptors (Lipinski definition) is 5. The van der Waals surface area contributed by atoms with Gasteiger partial charge >= 0.3 is 0 Å². The van der Waals surface area contributed by atoms with Gasteiger partial charge in [-0.15, -0.1) is 0 Å². The highest BCUT2D eigenvalue weighted by Crippen LogP contribution is 2.11. The minimum absolute atomic E-state index is 0.148. The summed E-state index contributed by atoms with van der Waals surface area (Å²) >= 11 is 0. The SMILES string of the molecule is O=C(Cn1ncc2ccccc2c1=O)Nc1ccc(Cn2cncn2)cc1. The summed E-state index contributed by atoms with van der Waals surface area (Å²) in [5, 5.41) is 12.2. The number of aromatic nitrogens is 5. The second kappa shape index (κ2) is 7.20. The van der Waals surface area contributed by atoms with Gasteiger partial charge < -0.3 is 5.32 Å². The van der Waals surface area contributed by atoms with E-state index in [9.17, 15) is 9.59 Å². The molecule has 0 aliphatic heterocycles. The lowest BCUT2D eigenvalue weighted by molar-refractivity contribution is -0.117. The van der Waals surface area contributed by atoms with Crippen molar-refractivity contribution in [2.45, 2.75) is 13.1 Å². The largest absolute Gasteiger partial charge is 0.324 e. The predicted octanol–water partition coefficient (Wildman–Crippen LogP) is 1.67. The maximum atomic E-state index is 12.4. The van der Waals surface area contributed by atoms with Crippen molar-refractivity contribution in [3.05, 3.63) is 83.3 Å². The van der Waals surface area contributed by atoms with E-state index in [1.165, 1.54) is 6.33 Å². The number of benzene rings is 2. The highest BCUT2D eigenvalue weighted by molar-refractivity contribution is 5.90. The van der Waals surface area contributed by atoms with Gasteiger partial charge in [0.2, 0.25) is 5.91 Å². The molecule has 1 amide bonds. The Kier molecular flexibility index (Phi) is 4.44. The lowest BCUT2D eigenvalue weighted by Crippen LogP contribution is -2.29. The normalized spacial score (nSPS) is 10.8. The van der Waals surface area contributed by atoms with Crippen molar-refractivity contribution in [2.24, 2.45) is 0 Å². The van der Waals surface area contributed by atoms with Crippen LogP contribution in [0, 0.1) is 0 Å². The number of rotatable bonds is 5. The van der Waals surface area contributed by atoms with Crippen molar-refractivity contribution < 1.29 is 4.79 Å². The van der Waals surface area contributed by atoms with Crippen molar-refractivity contribution in [1.29, 1.82) is 0 Å². The third-order valence-electron chi connectivity index (χ3n) is 4.10. The van der Waals surface area contributed by atoms with Crippen molar-refractivity contribution in [2.75, 3.05) is 5.32 Å². The lowest BCUT2D eigenvalue weighted by Gasteiger charge is -2.08. The second-order valence-corrected chi connectivity index (χ2v) is 6.03. The van der Waals surface area contributed by atoms with E-state index in [0.29, 0.717) is 17.6 Å². The summed E-state index contributed by atoms with van der Waals surface area (Å²) in [6.07, 6.45) is 4.71. The molecule has 0 fully saturated rings. The van der Waals surface area contributed by atoms with Crippen LogP contribution in [0.2, 0.25) is 0 Å². The van der Waals surface area contributed by atoms with Gasteiger partial charge in [-0.2, -0.15) is 10.2 Å². The number of nitrogens with zero attached hydrogens (tertiary/aromatic N) is 5. The van der Waals surface area contributed by atoms with E-state index < -0.39 is 0 Å². The first-order valence-corrected chi connectivity index (χ1v) is 8.35. The smallest absolute Gasteiger partial charge is 0.275 e. The van der Waals surface area contributed by atoms with E-state index >= 15 is 0 Å². The molecule has 4 rings (SSSR count). The fourth-order valence-corrected chi connectivity index (χ4v) is 2.77. The highest BCUT2D eigenvalue weighted by Gasteiger charge is 2.09. The Morgan fingerprint density at radius 3 is 2.63 bits per heavy atom. The van der Waals surface area contributed by atoms with Crippen LogP contribution in [0.3, 0.4) is 0 Å². The van der Waals surface area contributed by atoms with Crippen LogP contribution in [0.4, 0.5) is 5.69 Å². The summed E-state index contributed by atoms with van der Waals surface area (Å²) < 4.78 is 2.88. The van der Waals surface area contributed by atoms with Crippen LogP contribution in [-0.2, 0) is 17.9 Å². The molecule has 0 saturated heterocycles. The maximum absolute atomic E-state index is 12.4. The molecular weight excluding hydrogens is 344 g/mol. The average molecular weight is 360 g/mol. The number of carbonyl (C=O) groups is 1. The van der Waals surface area contributed by atoms with E-state index in [-0.39, 0.29) is 18.0 Å². The van der Waals surface area contributed by atoms with Gasteiger partial charge in [0.25, 0.3) is 5.56 Å². The van der Waals surface area contributed by atoms with Crippen LogP contribution in [0.1, 0.15) is 5.56 Å². The van der Waals surface area contributed by atoms with Gasteiger partial charge in [0.05, 0.1) is 18.1 Å². The van der Waals surface area contributed by atoms with Crippen molar-refractivity contribution in [3.63, 3.8) is 0 Å². The standard InChI is InChI=1S/C19H16N6O2/c26-18(11-25-19(27)17-4-2-1-3-15(17)9-21-25)23-16-7-5-14(6-8-16)10-24-13-20-12-22-24/h1-9,12-13H,10-11H2,(H,23,26). The lowest BCUT2D eigenvalue weighted by atomic mass is 10.2. The number of carbonyl (C=O) groups excluding carboxylic acids is 1. The molecule has 0 aliphatic rings. The summed E-state index contributed by atoms with van der Waals surface area (Å²) in [6.45, 7) is 0.453. The van der Waals surface area contributed by atoms with Gasteiger partial charge in [-0.1, -0.05) is 30.3 Å². The first-order valence-electron chi connectivity index (χ1n) is 8.35. The molecule has 2 heterocycles. The zero-order valence-electron chi connectivity index (χ0n) is 14.3. The van der Waals surface area contributed by atoms with Crippen LogP contribution in [-0.4, -0.2) is 30.5 Å². The Hall–Kier alpha value is -3.81. The van der Waals surface area contributed by atoms with E-state index in [1.807, 2.05) is 24.3 Å². The monoisotopic (exact) mass is 360 g/mol. The molecule has 0 spiro atoms. The average Bonchev–Trinajstić information content (AvgIpc) is 3.19. The molecule has 0 atom stereocenters. The zero-order chi connectivity index (χ0) is 18.6. The minimum Gasteiger partial charge on any atom is -0.324 e. The second-order valence-electron chi connectivity index (χ2n) is 6.03. The van der Waals surface area contributed by atoms with E-state index in [0.717, 1.165) is 15.6 Å². The first-order chi connectivity index (χ1) is 13.2. The van der Waals surface area contributed by atoms with E-state index in [1.54, 1.807) is 41.5 Å². The Bertz CT molecular complexity index is 1130. The van der Waals surface area contributed by atoms with Crippen molar-refractivity contribution in [1.82, 2.24) is 24.5 Å². The summed E-state index contributed by atoms with van der Waals surface area (Å²) in [5.41, 5.74) is 1.40. The molecule has 2 aromatic heterocycles. The van der Waals surface area contributed by atoms with E-state index in [4.69, 9.17) is 0 Å².